The van der Waals surface area contributed by atoms with Crippen LogP contribution >= 0.6 is 0 Å². The molecule has 0 saturated carbocycles. The van der Waals surface area contributed by atoms with Crippen LogP contribution in [-0.2, 0) is 19.1 Å². The van der Waals surface area contributed by atoms with Crippen molar-refractivity contribution in [2.75, 3.05) is 40.3 Å². The molecule has 7 nitrogen and oxygen atoms in total. The number of nitrogens with zero attached hydrogens (tertiary/aromatic N) is 2. The van der Waals surface area contributed by atoms with Crippen molar-refractivity contribution in [2.24, 2.45) is 5.92 Å². The van der Waals surface area contributed by atoms with E-state index in [9.17, 15) is 14.4 Å². The number of carbonyl (C=O) groups is 3. The zero-order valence-corrected chi connectivity index (χ0v) is 13.2. The largest absolute Gasteiger partial charge is 0.465 e. The van der Waals surface area contributed by atoms with Crippen LogP contribution in [0.1, 0.15) is 20.3 Å². The summed E-state index contributed by atoms with van der Waals surface area (Å²) >= 11 is 0. The van der Waals surface area contributed by atoms with E-state index in [-0.39, 0.29) is 30.7 Å². The Balaban J connectivity index is 2.66. The van der Waals surface area contributed by atoms with Crippen molar-refractivity contribution in [3.63, 3.8) is 0 Å². The third-order valence-electron chi connectivity index (χ3n) is 3.04. The van der Waals surface area contributed by atoms with Gasteiger partial charge in [0.05, 0.1) is 19.6 Å². The molecule has 1 aliphatic heterocycles. The van der Waals surface area contributed by atoms with Gasteiger partial charge in [0.25, 0.3) is 0 Å². The third-order valence-corrected chi connectivity index (χ3v) is 3.04. The molecule has 120 valence electrons. The Morgan fingerprint density at radius 2 is 2.10 bits per heavy atom. The Kier molecular flexibility index (Phi) is 6.61. The van der Waals surface area contributed by atoms with Crippen LogP contribution in [0.15, 0.2) is 0 Å². The summed E-state index contributed by atoms with van der Waals surface area (Å²) in [5.41, 5.74) is 0. The highest BCUT2D eigenvalue weighted by Gasteiger charge is 2.35. The number of likely N-dealkylation sites (N-methyl/N-ethyl adjacent to an activating group) is 1. The SMILES string of the molecule is CC(C)COC(=O)CC1C(=O)NCCN1C(=O)CN(C)C. The molecule has 1 unspecified atom stereocenters. The van der Waals surface area contributed by atoms with Crippen molar-refractivity contribution >= 4 is 17.8 Å². The molecular formula is C14H25N3O4. The van der Waals surface area contributed by atoms with Crippen LogP contribution in [0.5, 0.6) is 0 Å². The van der Waals surface area contributed by atoms with Crippen molar-refractivity contribution in [1.82, 2.24) is 15.1 Å². The number of amides is 2. The van der Waals surface area contributed by atoms with Crippen LogP contribution in [0, 0.1) is 5.92 Å². The molecule has 0 aromatic rings. The molecule has 0 aliphatic carbocycles. The minimum absolute atomic E-state index is 0.0995. The van der Waals surface area contributed by atoms with Crippen molar-refractivity contribution in [1.29, 1.82) is 0 Å². The first-order chi connectivity index (χ1) is 9.81. The molecule has 1 fully saturated rings. The lowest BCUT2D eigenvalue weighted by Gasteiger charge is -2.35. The molecule has 7 heteroatoms. The van der Waals surface area contributed by atoms with Gasteiger partial charge in [-0.05, 0) is 20.0 Å². The number of esters is 1. The first-order valence-electron chi connectivity index (χ1n) is 7.18. The highest BCUT2D eigenvalue weighted by molar-refractivity contribution is 5.92. The second kappa shape index (κ2) is 7.97. The number of rotatable bonds is 6. The van der Waals surface area contributed by atoms with E-state index in [0.29, 0.717) is 19.7 Å². The van der Waals surface area contributed by atoms with Gasteiger partial charge in [-0.3, -0.25) is 14.4 Å². The molecular weight excluding hydrogens is 274 g/mol. The van der Waals surface area contributed by atoms with Gasteiger partial charge in [0, 0.05) is 13.1 Å². The summed E-state index contributed by atoms with van der Waals surface area (Å²) in [4.78, 5) is 39.1. The second-order valence-electron chi connectivity index (χ2n) is 5.91. The van der Waals surface area contributed by atoms with Gasteiger partial charge in [0.1, 0.15) is 6.04 Å². The summed E-state index contributed by atoms with van der Waals surface area (Å²) in [7, 11) is 3.57. The van der Waals surface area contributed by atoms with Gasteiger partial charge in [-0.15, -0.1) is 0 Å². The molecule has 1 rings (SSSR count). The van der Waals surface area contributed by atoms with Gasteiger partial charge < -0.3 is 19.9 Å². The zero-order valence-electron chi connectivity index (χ0n) is 13.2. The summed E-state index contributed by atoms with van der Waals surface area (Å²) in [6.07, 6.45) is -0.0995. The van der Waals surface area contributed by atoms with E-state index < -0.39 is 12.0 Å². The maximum Gasteiger partial charge on any atom is 0.308 e. The van der Waals surface area contributed by atoms with E-state index in [0.717, 1.165) is 0 Å². The Labute approximate surface area is 125 Å². The van der Waals surface area contributed by atoms with E-state index in [4.69, 9.17) is 4.74 Å². The number of nitrogens with one attached hydrogen (secondary N) is 1. The normalized spacial score (nSPS) is 18.9. The maximum atomic E-state index is 12.2. The van der Waals surface area contributed by atoms with Crippen LogP contribution in [0.2, 0.25) is 0 Å². The average molecular weight is 299 g/mol. The first-order valence-corrected chi connectivity index (χ1v) is 7.18. The lowest BCUT2D eigenvalue weighted by molar-refractivity contribution is -0.152. The Bertz CT molecular complexity index is 396. The Hall–Kier alpha value is -1.63. The molecule has 0 bridgehead atoms. The highest BCUT2D eigenvalue weighted by atomic mass is 16.5. The predicted molar refractivity (Wildman–Crippen MR) is 77.5 cm³/mol. The summed E-state index contributed by atoms with van der Waals surface area (Å²) in [6.45, 7) is 5.24. The fourth-order valence-corrected chi connectivity index (χ4v) is 2.05. The molecule has 1 saturated heterocycles. The van der Waals surface area contributed by atoms with Crippen LogP contribution in [-0.4, -0.2) is 74.0 Å². The number of carbonyl (C=O) groups excluding carboxylic acids is 3. The fraction of sp³-hybridized carbons (Fsp3) is 0.786. The van der Waals surface area contributed by atoms with Crippen LogP contribution in [0.25, 0.3) is 0 Å². The van der Waals surface area contributed by atoms with Gasteiger partial charge in [0.2, 0.25) is 11.8 Å². The molecule has 1 aliphatic rings. The van der Waals surface area contributed by atoms with Crippen LogP contribution in [0.3, 0.4) is 0 Å². The molecule has 1 heterocycles. The van der Waals surface area contributed by atoms with Gasteiger partial charge in [-0.1, -0.05) is 13.8 Å². The summed E-state index contributed by atoms with van der Waals surface area (Å²) in [6, 6.07) is -0.772. The molecule has 0 aromatic carbocycles. The molecule has 0 spiro atoms. The maximum absolute atomic E-state index is 12.2. The summed E-state index contributed by atoms with van der Waals surface area (Å²) < 4.78 is 5.10. The molecule has 2 amide bonds. The number of ether oxygens (including phenoxy) is 1. The smallest absolute Gasteiger partial charge is 0.308 e. The summed E-state index contributed by atoms with van der Waals surface area (Å²) in [5.74, 6) is -0.666. The highest BCUT2D eigenvalue weighted by Crippen LogP contribution is 2.11. The molecule has 1 atom stereocenters. The average Bonchev–Trinajstić information content (AvgIpc) is 2.37. The van der Waals surface area contributed by atoms with Crippen molar-refractivity contribution < 1.29 is 19.1 Å². The van der Waals surface area contributed by atoms with Crippen molar-refractivity contribution in [3.8, 4) is 0 Å². The predicted octanol–water partition coefficient (Wildman–Crippen LogP) is -0.536. The van der Waals surface area contributed by atoms with E-state index in [1.165, 1.54) is 4.90 Å². The van der Waals surface area contributed by atoms with Gasteiger partial charge in [-0.25, -0.2) is 0 Å². The third kappa shape index (κ3) is 5.71. The lowest BCUT2D eigenvalue weighted by atomic mass is 10.1. The van der Waals surface area contributed by atoms with E-state index in [1.54, 1.807) is 19.0 Å². The standard InChI is InChI=1S/C14H25N3O4/c1-10(2)9-21-13(19)7-11-14(20)15-5-6-17(11)12(18)8-16(3)4/h10-11H,5-9H2,1-4H3,(H,15,20). The van der Waals surface area contributed by atoms with Gasteiger partial charge in [0.15, 0.2) is 0 Å². The molecule has 1 N–H and O–H groups in total. The van der Waals surface area contributed by atoms with Gasteiger partial charge >= 0.3 is 5.97 Å². The Morgan fingerprint density at radius 3 is 2.67 bits per heavy atom. The monoisotopic (exact) mass is 299 g/mol. The van der Waals surface area contributed by atoms with E-state index >= 15 is 0 Å². The summed E-state index contributed by atoms with van der Waals surface area (Å²) in [5, 5.41) is 2.69. The number of hydrogen-bond acceptors (Lipinski definition) is 5. The minimum atomic E-state index is -0.772. The topological polar surface area (TPSA) is 79.0 Å². The van der Waals surface area contributed by atoms with Crippen molar-refractivity contribution in [2.45, 2.75) is 26.3 Å². The fourth-order valence-electron chi connectivity index (χ4n) is 2.05. The molecule has 0 aromatic heterocycles. The molecule has 0 radical (unpaired) electrons. The zero-order chi connectivity index (χ0) is 16.0. The second-order valence-corrected chi connectivity index (χ2v) is 5.91. The van der Waals surface area contributed by atoms with Gasteiger partial charge in [-0.2, -0.15) is 0 Å². The quantitative estimate of drug-likeness (QED) is 0.667. The number of piperazine rings is 1. The molecule has 21 heavy (non-hydrogen) atoms. The minimum Gasteiger partial charge on any atom is -0.465 e. The first kappa shape index (κ1) is 17.4. The Morgan fingerprint density at radius 1 is 1.43 bits per heavy atom. The van der Waals surface area contributed by atoms with Crippen molar-refractivity contribution in [3.05, 3.63) is 0 Å². The number of hydrogen-bond donors (Lipinski definition) is 1. The lowest BCUT2D eigenvalue weighted by Crippen LogP contribution is -2.59. The van der Waals surface area contributed by atoms with E-state index in [1.807, 2.05) is 13.8 Å². The van der Waals surface area contributed by atoms with E-state index in [2.05, 4.69) is 5.32 Å². The van der Waals surface area contributed by atoms with Crippen LogP contribution < -0.4 is 5.32 Å². The van der Waals surface area contributed by atoms with Crippen LogP contribution in [0.4, 0.5) is 0 Å².